The molecule has 94 valence electrons. The molecule has 0 atom stereocenters. The van der Waals surface area contributed by atoms with Gasteiger partial charge in [-0.2, -0.15) is 0 Å². The number of thioether (sulfide) groups is 1. The van der Waals surface area contributed by atoms with Crippen LogP contribution < -0.4 is 5.73 Å². The van der Waals surface area contributed by atoms with E-state index in [1.165, 1.54) is 4.90 Å². The van der Waals surface area contributed by atoms with Crippen LogP contribution in [-0.4, -0.2) is 17.1 Å². The largest absolute Gasteiger partial charge is 0.384 e. The third-order valence-corrected chi connectivity index (χ3v) is 3.26. The van der Waals surface area contributed by atoms with E-state index >= 15 is 0 Å². The first-order valence-corrected chi connectivity index (χ1v) is 6.55. The zero-order valence-electron chi connectivity index (χ0n) is 10.2. The SMILES string of the molecule is COCc1cc(N)nc(CSc2ccccc2)n1. The monoisotopic (exact) mass is 261 g/mol. The molecular weight excluding hydrogens is 246 g/mol. The Hall–Kier alpha value is -1.59. The third-order valence-electron chi connectivity index (χ3n) is 2.25. The molecule has 0 spiro atoms. The van der Waals surface area contributed by atoms with Gasteiger partial charge in [-0.3, -0.25) is 0 Å². The average molecular weight is 261 g/mol. The second kappa shape index (κ2) is 6.37. The van der Waals surface area contributed by atoms with Gasteiger partial charge in [-0.05, 0) is 12.1 Å². The summed E-state index contributed by atoms with van der Waals surface area (Å²) >= 11 is 1.69. The normalized spacial score (nSPS) is 10.5. The van der Waals surface area contributed by atoms with Gasteiger partial charge in [0.05, 0.1) is 18.1 Å². The molecule has 5 heteroatoms. The minimum atomic E-state index is 0.454. The fourth-order valence-electron chi connectivity index (χ4n) is 1.53. The van der Waals surface area contributed by atoms with Crippen LogP contribution in [0, 0.1) is 0 Å². The first kappa shape index (κ1) is 12.9. The van der Waals surface area contributed by atoms with Gasteiger partial charge in [-0.1, -0.05) is 18.2 Å². The molecule has 0 unspecified atom stereocenters. The summed E-state index contributed by atoms with van der Waals surface area (Å²) < 4.78 is 5.05. The van der Waals surface area contributed by atoms with E-state index in [2.05, 4.69) is 22.1 Å². The number of nitrogen functional groups attached to an aromatic ring is 1. The van der Waals surface area contributed by atoms with Crippen LogP contribution in [0.3, 0.4) is 0 Å². The number of ether oxygens (including phenoxy) is 1. The van der Waals surface area contributed by atoms with Crippen molar-refractivity contribution < 1.29 is 4.74 Å². The van der Waals surface area contributed by atoms with E-state index in [0.29, 0.717) is 18.2 Å². The van der Waals surface area contributed by atoms with Gasteiger partial charge >= 0.3 is 0 Å². The highest BCUT2D eigenvalue weighted by atomic mass is 32.2. The maximum absolute atomic E-state index is 5.74. The van der Waals surface area contributed by atoms with E-state index in [1.807, 2.05) is 18.2 Å². The Morgan fingerprint density at radius 2 is 2.00 bits per heavy atom. The number of hydrogen-bond donors (Lipinski definition) is 1. The predicted octanol–water partition coefficient (Wildman–Crippen LogP) is 2.50. The number of rotatable bonds is 5. The molecule has 0 bridgehead atoms. The summed E-state index contributed by atoms with van der Waals surface area (Å²) in [6, 6.07) is 11.9. The highest BCUT2D eigenvalue weighted by Gasteiger charge is 2.03. The maximum Gasteiger partial charge on any atom is 0.141 e. The molecule has 0 amide bonds. The van der Waals surface area contributed by atoms with Crippen molar-refractivity contribution >= 4 is 17.6 Å². The molecule has 0 saturated heterocycles. The highest BCUT2D eigenvalue weighted by Crippen LogP contribution is 2.21. The minimum Gasteiger partial charge on any atom is -0.384 e. The van der Waals surface area contributed by atoms with Crippen molar-refractivity contribution in [2.45, 2.75) is 17.3 Å². The molecule has 0 radical (unpaired) electrons. The van der Waals surface area contributed by atoms with Crippen molar-refractivity contribution in [1.29, 1.82) is 0 Å². The first-order chi connectivity index (χ1) is 8.78. The Balaban J connectivity index is 2.05. The maximum atomic E-state index is 5.74. The van der Waals surface area contributed by atoms with Crippen LogP contribution in [0.5, 0.6) is 0 Å². The fourth-order valence-corrected chi connectivity index (χ4v) is 2.30. The van der Waals surface area contributed by atoms with E-state index in [-0.39, 0.29) is 0 Å². The van der Waals surface area contributed by atoms with Gasteiger partial charge < -0.3 is 10.5 Å². The quantitative estimate of drug-likeness (QED) is 0.838. The van der Waals surface area contributed by atoms with Gasteiger partial charge in [0.15, 0.2) is 0 Å². The lowest BCUT2D eigenvalue weighted by Gasteiger charge is -2.05. The number of benzene rings is 1. The first-order valence-electron chi connectivity index (χ1n) is 5.57. The van der Waals surface area contributed by atoms with Gasteiger partial charge in [-0.25, -0.2) is 9.97 Å². The second-order valence-corrected chi connectivity index (χ2v) is 4.78. The summed E-state index contributed by atoms with van der Waals surface area (Å²) in [6.45, 7) is 0.454. The molecule has 18 heavy (non-hydrogen) atoms. The van der Waals surface area contributed by atoms with Crippen LogP contribution >= 0.6 is 11.8 Å². The number of anilines is 1. The Bertz CT molecular complexity index is 505. The van der Waals surface area contributed by atoms with Crippen molar-refractivity contribution in [1.82, 2.24) is 9.97 Å². The van der Waals surface area contributed by atoms with Crippen molar-refractivity contribution in [2.24, 2.45) is 0 Å². The molecule has 0 aliphatic rings. The molecule has 1 aromatic carbocycles. The van der Waals surface area contributed by atoms with Crippen LogP contribution in [0.2, 0.25) is 0 Å². The standard InChI is InChI=1S/C13H15N3OS/c1-17-8-10-7-12(14)16-13(15-10)9-18-11-5-3-2-4-6-11/h2-7H,8-9H2,1H3,(H2,14,15,16). The summed E-state index contributed by atoms with van der Waals surface area (Å²) in [4.78, 5) is 9.81. The van der Waals surface area contributed by atoms with Gasteiger partial charge in [0, 0.05) is 18.1 Å². The smallest absolute Gasteiger partial charge is 0.141 e. The lowest BCUT2D eigenvalue weighted by Crippen LogP contribution is -2.03. The topological polar surface area (TPSA) is 61.0 Å². The van der Waals surface area contributed by atoms with E-state index in [4.69, 9.17) is 10.5 Å². The Morgan fingerprint density at radius 1 is 1.22 bits per heavy atom. The van der Waals surface area contributed by atoms with Crippen LogP contribution in [0.25, 0.3) is 0 Å². The van der Waals surface area contributed by atoms with E-state index in [9.17, 15) is 0 Å². The summed E-state index contributed by atoms with van der Waals surface area (Å²) in [7, 11) is 1.64. The van der Waals surface area contributed by atoms with Crippen molar-refractivity contribution in [3.63, 3.8) is 0 Å². The second-order valence-electron chi connectivity index (χ2n) is 3.74. The molecule has 2 N–H and O–H groups in total. The fraction of sp³-hybridized carbons (Fsp3) is 0.231. The molecule has 0 aliphatic carbocycles. The molecule has 0 aliphatic heterocycles. The van der Waals surface area contributed by atoms with E-state index in [1.54, 1.807) is 24.9 Å². The van der Waals surface area contributed by atoms with Gasteiger partial charge in [0.2, 0.25) is 0 Å². The molecule has 0 saturated carbocycles. The lowest BCUT2D eigenvalue weighted by atomic mass is 10.4. The predicted molar refractivity (Wildman–Crippen MR) is 73.2 cm³/mol. The molecule has 1 heterocycles. The van der Waals surface area contributed by atoms with Gasteiger partial charge in [0.1, 0.15) is 11.6 Å². The zero-order valence-corrected chi connectivity index (χ0v) is 11.0. The van der Waals surface area contributed by atoms with Crippen molar-refractivity contribution in [3.05, 3.63) is 47.9 Å². The zero-order chi connectivity index (χ0) is 12.8. The molecule has 1 aromatic heterocycles. The number of nitrogens with zero attached hydrogens (tertiary/aromatic N) is 2. The van der Waals surface area contributed by atoms with E-state index < -0.39 is 0 Å². The summed E-state index contributed by atoms with van der Waals surface area (Å²) in [5.41, 5.74) is 6.56. The Kier molecular flexibility index (Phi) is 4.55. The Labute approximate surface area is 111 Å². The Morgan fingerprint density at radius 3 is 2.72 bits per heavy atom. The van der Waals surface area contributed by atoms with Crippen molar-refractivity contribution in [3.8, 4) is 0 Å². The molecular formula is C13H15N3OS. The summed E-state index contributed by atoms with van der Waals surface area (Å²) in [5.74, 6) is 1.92. The number of nitrogens with two attached hydrogens (primary N) is 1. The van der Waals surface area contributed by atoms with E-state index in [0.717, 1.165) is 11.5 Å². The molecule has 4 nitrogen and oxygen atoms in total. The van der Waals surface area contributed by atoms with Crippen LogP contribution in [0.1, 0.15) is 11.5 Å². The van der Waals surface area contributed by atoms with Crippen LogP contribution in [0.4, 0.5) is 5.82 Å². The molecule has 0 fully saturated rings. The number of aromatic nitrogens is 2. The number of methoxy groups -OCH3 is 1. The summed E-state index contributed by atoms with van der Waals surface area (Å²) in [6.07, 6.45) is 0. The van der Waals surface area contributed by atoms with Crippen LogP contribution in [-0.2, 0) is 17.1 Å². The van der Waals surface area contributed by atoms with Crippen LogP contribution in [0.15, 0.2) is 41.3 Å². The summed E-state index contributed by atoms with van der Waals surface area (Å²) in [5, 5.41) is 0. The van der Waals surface area contributed by atoms with Gasteiger partial charge in [-0.15, -0.1) is 11.8 Å². The molecule has 2 rings (SSSR count). The number of hydrogen-bond acceptors (Lipinski definition) is 5. The van der Waals surface area contributed by atoms with Gasteiger partial charge in [0.25, 0.3) is 0 Å². The molecule has 2 aromatic rings. The third kappa shape index (κ3) is 3.72. The average Bonchev–Trinajstić information content (AvgIpc) is 2.37. The highest BCUT2D eigenvalue weighted by molar-refractivity contribution is 7.98. The van der Waals surface area contributed by atoms with Crippen molar-refractivity contribution in [2.75, 3.05) is 12.8 Å². The minimum absolute atomic E-state index is 0.454. The lowest BCUT2D eigenvalue weighted by molar-refractivity contribution is 0.181.